The Morgan fingerprint density at radius 3 is 2.57 bits per heavy atom. The standard InChI is InChI=1S/C23H34N2O3/c1-2-24-22(27)23(15-6-3-7-16-23)25-21(26)14-13-18-9-8-12-20(17-18)28-19-10-4-5-11-19/h8-9,12,17,19H,2-7,10-11,13-16H2,1H3,(H,24,27)(H,25,26). The molecule has 2 amide bonds. The van der Waals surface area contributed by atoms with Crippen molar-refractivity contribution < 1.29 is 14.3 Å². The SMILES string of the molecule is CCNC(=O)C1(NC(=O)CCc2cccc(OC3CCCC3)c2)CCCCC1. The van der Waals surface area contributed by atoms with Crippen molar-refractivity contribution in [2.75, 3.05) is 6.54 Å². The number of rotatable bonds is 8. The van der Waals surface area contributed by atoms with E-state index in [1.807, 2.05) is 31.2 Å². The first kappa shape index (κ1) is 20.7. The van der Waals surface area contributed by atoms with Gasteiger partial charge in [-0.1, -0.05) is 31.4 Å². The van der Waals surface area contributed by atoms with Crippen LogP contribution in [0.2, 0.25) is 0 Å². The monoisotopic (exact) mass is 386 g/mol. The summed E-state index contributed by atoms with van der Waals surface area (Å²) in [5.74, 6) is 0.821. The van der Waals surface area contributed by atoms with Gasteiger partial charge in [-0.15, -0.1) is 0 Å². The minimum atomic E-state index is -0.723. The van der Waals surface area contributed by atoms with Gasteiger partial charge in [0.25, 0.3) is 0 Å². The van der Waals surface area contributed by atoms with Gasteiger partial charge in [-0.3, -0.25) is 9.59 Å². The lowest BCUT2D eigenvalue weighted by Gasteiger charge is -2.36. The highest BCUT2D eigenvalue weighted by Crippen LogP contribution is 2.29. The van der Waals surface area contributed by atoms with Crippen molar-refractivity contribution in [2.24, 2.45) is 0 Å². The third-order valence-electron chi connectivity index (χ3n) is 6.00. The van der Waals surface area contributed by atoms with Crippen molar-refractivity contribution in [1.82, 2.24) is 10.6 Å². The molecular formula is C23H34N2O3. The summed E-state index contributed by atoms with van der Waals surface area (Å²) in [6.45, 7) is 2.50. The number of carbonyl (C=O) groups is 2. The van der Waals surface area contributed by atoms with Gasteiger partial charge in [-0.2, -0.15) is 0 Å². The van der Waals surface area contributed by atoms with E-state index in [0.717, 1.165) is 56.3 Å². The predicted octanol–water partition coefficient (Wildman–Crippen LogP) is 3.90. The van der Waals surface area contributed by atoms with E-state index in [2.05, 4.69) is 10.6 Å². The zero-order valence-corrected chi connectivity index (χ0v) is 17.1. The van der Waals surface area contributed by atoms with Crippen LogP contribution in [0.3, 0.4) is 0 Å². The van der Waals surface area contributed by atoms with Crippen LogP contribution in [0.25, 0.3) is 0 Å². The number of aryl methyl sites for hydroxylation is 1. The maximum Gasteiger partial charge on any atom is 0.245 e. The van der Waals surface area contributed by atoms with Gasteiger partial charge in [0.05, 0.1) is 6.10 Å². The van der Waals surface area contributed by atoms with Crippen LogP contribution in [-0.4, -0.2) is 30.0 Å². The lowest BCUT2D eigenvalue weighted by Crippen LogP contribution is -2.59. The minimum Gasteiger partial charge on any atom is -0.490 e. The third kappa shape index (κ3) is 5.49. The number of ether oxygens (including phenoxy) is 1. The Balaban J connectivity index is 1.54. The Morgan fingerprint density at radius 2 is 1.86 bits per heavy atom. The molecule has 1 aromatic carbocycles. The van der Waals surface area contributed by atoms with Gasteiger partial charge in [0.2, 0.25) is 11.8 Å². The third-order valence-corrected chi connectivity index (χ3v) is 6.00. The zero-order valence-electron chi connectivity index (χ0n) is 17.1. The highest BCUT2D eigenvalue weighted by molar-refractivity contribution is 5.91. The Bertz CT molecular complexity index is 662. The van der Waals surface area contributed by atoms with Gasteiger partial charge in [0, 0.05) is 13.0 Å². The van der Waals surface area contributed by atoms with Crippen LogP contribution in [0.4, 0.5) is 0 Å². The number of hydrogen-bond donors (Lipinski definition) is 2. The smallest absolute Gasteiger partial charge is 0.245 e. The van der Waals surface area contributed by atoms with Crippen LogP contribution in [0.5, 0.6) is 5.75 Å². The van der Waals surface area contributed by atoms with Crippen molar-refractivity contribution in [3.8, 4) is 5.75 Å². The molecule has 0 atom stereocenters. The lowest BCUT2D eigenvalue weighted by molar-refractivity contribution is -0.135. The molecule has 2 fully saturated rings. The van der Waals surface area contributed by atoms with Gasteiger partial charge in [-0.25, -0.2) is 0 Å². The molecule has 3 rings (SSSR count). The molecule has 0 unspecified atom stereocenters. The molecule has 28 heavy (non-hydrogen) atoms. The molecule has 0 spiro atoms. The molecule has 0 bridgehead atoms. The lowest BCUT2D eigenvalue weighted by atomic mass is 9.80. The van der Waals surface area contributed by atoms with Crippen LogP contribution in [0.15, 0.2) is 24.3 Å². The summed E-state index contributed by atoms with van der Waals surface area (Å²) in [7, 11) is 0. The molecule has 0 heterocycles. The average molecular weight is 387 g/mol. The molecule has 5 nitrogen and oxygen atoms in total. The molecule has 2 aliphatic carbocycles. The van der Waals surface area contributed by atoms with Crippen molar-refractivity contribution in [2.45, 2.75) is 89.2 Å². The van der Waals surface area contributed by atoms with E-state index in [1.54, 1.807) is 0 Å². The number of amides is 2. The van der Waals surface area contributed by atoms with Crippen LogP contribution >= 0.6 is 0 Å². The highest BCUT2D eigenvalue weighted by atomic mass is 16.5. The molecule has 0 saturated heterocycles. The van der Waals surface area contributed by atoms with Crippen molar-refractivity contribution in [3.05, 3.63) is 29.8 Å². The first-order valence-electron chi connectivity index (χ1n) is 11.0. The Labute approximate surface area is 168 Å². The van der Waals surface area contributed by atoms with Gasteiger partial charge >= 0.3 is 0 Å². The normalized spacial score (nSPS) is 19.2. The maximum atomic E-state index is 12.6. The summed E-state index contributed by atoms with van der Waals surface area (Å²) in [5.41, 5.74) is 0.375. The molecule has 2 saturated carbocycles. The second kappa shape index (κ2) is 9.94. The van der Waals surface area contributed by atoms with Crippen LogP contribution in [0, 0.1) is 0 Å². The first-order chi connectivity index (χ1) is 13.6. The Hall–Kier alpha value is -2.04. The zero-order chi connectivity index (χ0) is 19.8. The number of benzene rings is 1. The molecule has 0 radical (unpaired) electrons. The summed E-state index contributed by atoms with van der Waals surface area (Å²) in [6.07, 6.45) is 10.7. The summed E-state index contributed by atoms with van der Waals surface area (Å²) in [6, 6.07) is 8.07. The average Bonchev–Trinajstić information content (AvgIpc) is 3.21. The van der Waals surface area contributed by atoms with Crippen molar-refractivity contribution in [1.29, 1.82) is 0 Å². The number of likely N-dealkylation sites (N-methyl/N-ethyl adjacent to an activating group) is 1. The number of nitrogens with one attached hydrogen (secondary N) is 2. The molecule has 2 aliphatic rings. The fourth-order valence-corrected chi connectivity index (χ4v) is 4.45. The van der Waals surface area contributed by atoms with E-state index in [1.165, 1.54) is 12.8 Å². The van der Waals surface area contributed by atoms with Crippen LogP contribution in [-0.2, 0) is 16.0 Å². The first-order valence-corrected chi connectivity index (χ1v) is 11.0. The maximum absolute atomic E-state index is 12.6. The topological polar surface area (TPSA) is 67.4 Å². The van der Waals surface area contributed by atoms with E-state index in [4.69, 9.17) is 4.74 Å². The van der Waals surface area contributed by atoms with E-state index in [0.29, 0.717) is 25.5 Å². The summed E-state index contributed by atoms with van der Waals surface area (Å²) < 4.78 is 6.07. The molecule has 5 heteroatoms. The highest BCUT2D eigenvalue weighted by Gasteiger charge is 2.40. The van der Waals surface area contributed by atoms with Crippen molar-refractivity contribution in [3.63, 3.8) is 0 Å². The van der Waals surface area contributed by atoms with Crippen LogP contribution < -0.4 is 15.4 Å². The number of hydrogen-bond acceptors (Lipinski definition) is 3. The Morgan fingerprint density at radius 1 is 1.11 bits per heavy atom. The van der Waals surface area contributed by atoms with Gasteiger partial charge in [-0.05, 0) is 69.6 Å². The summed E-state index contributed by atoms with van der Waals surface area (Å²) in [5, 5.41) is 5.99. The predicted molar refractivity (Wildman–Crippen MR) is 110 cm³/mol. The quantitative estimate of drug-likeness (QED) is 0.712. The van der Waals surface area contributed by atoms with E-state index in [9.17, 15) is 9.59 Å². The van der Waals surface area contributed by atoms with Crippen LogP contribution in [0.1, 0.15) is 76.7 Å². The Kier molecular flexibility index (Phi) is 7.35. The molecule has 154 valence electrons. The molecular weight excluding hydrogens is 352 g/mol. The fourth-order valence-electron chi connectivity index (χ4n) is 4.45. The van der Waals surface area contributed by atoms with Gasteiger partial charge < -0.3 is 15.4 Å². The second-order valence-electron chi connectivity index (χ2n) is 8.22. The van der Waals surface area contributed by atoms with Gasteiger partial charge in [0.1, 0.15) is 11.3 Å². The summed E-state index contributed by atoms with van der Waals surface area (Å²) >= 11 is 0. The molecule has 1 aromatic rings. The molecule has 0 aromatic heterocycles. The van der Waals surface area contributed by atoms with Crippen molar-refractivity contribution >= 4 is 11.8 Å². The van der Waals surface area contributed by atoms with E-state index < -0.39 is 5.54 Å². The summed E-state index contributed by atoms with van der Waals surface area (Å²) in [4.78, 5) is 25.2. The molecule has 2 N–H and O–H groups in total. The van der Waals surface area contributed by atoms with E-state index in [-0.39, 0.29) is 11.8 Å². The fraction of sp³-hybridized carbons (Fsp3) is 0.652. The minimum absolute atomic E-state index is 0.0324. The second-order valence-corrected chi connectivity index (χ2v) is 8.22. The van der Waals surface area contributed by atoms with E-state index >= 15 is 0 Å². The van der Waals surface area contributed by atoms with Gasteiger partial charge in [0.15, 0.2) is 0 Å². The number of carbonyl (C=O) groups excluding carboxylic acids is 2. The molecule has 0 aliphatic heterocycles. The largest absolute Gasteiger partial charge is 0.490 e.